The molecule has 1 rings (SSSR count). The van der Waals surface area contributed by atoms with Crippen molar-refractivity contribution in [1.82, 2.24) is 0 Å². The molecule has 11 heavy (non-hydrogen) atoms. The van der Waals surface area contributed by atoms with Gasteiger partial charge in [-0.25, -0.2) is 0 Å². The van der Waals surface area contributed by atoms with E-state index in [1.165, 1.54) is 6.92 Å². The van der Waals surface area contributed by atoms with Crippen LogP contribution in [0.4, 0.5) is 0 Å². The Balaban J connectivity index is 2.81. The van der Waals surface area contributed by atoms with Gasteiger partial charge in [0.05, 0.1) is 6.61 Å². The van der Waals surface area contributed by atoms with Gasteiger partial charge in [-0.05, 0) is 6.92 Å². The predicted molar refractivity (Wildman–Crippen MR) is 34.9 cm³/mol. The maximum Gasteiger partial charge on any atom is 0.508 e. The zero-order valence-corrected chi connectivity index (χ0v) is 5.99. The van der Waals surface area contributed by atoms with Crippen LogP contribution in [-0.2, 0) is 18.9 Å². The van der Waals surface area contributed by atoms with E-state index >= 15 is 0 Å². The van der Waals surface area contributed by atoms with E-state index in [9.17, 15) is 9.59 Å². The SMILES string of the molecule is CC1(C(=O)O)COBOC1=O. The lowest BCUT2D eigenvalue weighted by atomic mass is 9.90. The van der Waals surface area contributed by atoms with Crippen LogP contribution in [0.3, 0.4) is 0 Å². The first kappa shape index (κ1) is 8.07. The molecule has 1 fully saturated rings. The molecule has 1 aliphatic heterocycles. The maximum atomic E-state index is 10.9. The highest BCUT2D eigenvalue weighted by molar-refractivity contribution is 6.25. The Hall–Kier alpha value is -1.04. The molecule has 0 bridgehead atoms. The van der Waals surface area contributed by atoms with Crippen LogP contribution in [0.5, 0.6) is 0 Å². The van der Waals surface area contributed by atoms with Crippen LogP contribution in [0, 0.1) is 5.41 Å². The highest BCUT2D eigenvalue weighted by atomic mass is 16.6. The van der Waals surface area contributed by atoms with Crippen LogP contribution in [0.25, 0.3) is 0 Å². The number of carboxylic acids is 1. The minimum atomic E-state index is -1.53. The standard InChI is InChI=1S/C5H7BO5/c1-5(3(7)8)2-10-6-11-4(5)9/h6H,2H2,1H3,(H,7,8). The van der Waals surface area contributed by atoms with Crippen molar-refractivity contribution >= 4 is 19.6 Å². The Kier molecular flexibility index (Phi) is 1.86. The molecular weight excluding hydrogens is 151 g/mol. The summed E-state index contributed by atoms with van der Waals surface area (Å²) in [5.41, 5.74) is -1.53. The molecule has 0 aromatic rings. The van der Waals surface area contributed by atoms with E-state index < -0.39 is 17.4 Å². The second-order valence-electron chi connectivity index (χ2n) is 2.54. The molecule has 1 heterocycles. The number of carboxylic acid groups (broad SMARTS) is 1. The lowest BCUT2D eigenvalue weighted by Gasteiger charge is -2.26. The van der Waals surface area contributed by atoms with E-state index in [0.717, 1.165) is 0 Å². The maximum absolute atomic E-state index is 10.9. The molecule has 1 atom stereocenters. The Morgan fingerprint density at radius 1 is 1.82 bits per heavy atom. The lowest BCUT2D eigenvalue weighted by Crippen LogP contribution is -2.46. The number of carbonyl (C=O) groups is 2. The minimum Gasteiger partial charge on any atom is -0.511 e. The van der Waals surface area contributed by atoms with Gasteiger partial charge < -0.3 is 14.4 Å². The van der Waals surface area contributed by atoms with E-state index in [-0.39, 0.29) is 14.3 Å². The first-order chi connectivity index (χ1) is 5.07. The van der Waals surface area contributed by atoms with Gasteiger partial charge in [-0.1, -0.05) is 0 Å². The van der Waals surface area contributed by atoms with Crippen LogP contribution in [0.2, 0.25) is 0 Å². The van der Waals surface area contributed by atoms with Gasteiger partial charge in [-0.3, -0.25) is 9.59 Å². The molecule has 60 valence electrons. The highest BCUT2D eigenvalue weighted by Gasteiger charge is 2.45. The van der Waals surface area contributed by atoms with E-state index in [1.54, 1.807) is 0 Å². The fraction of sp³-hybridized carbons (Fsp3) is 0.600. The summed E-state index contributed by atoms with van der Waals surface area (Å²) in [6.07, 6.45) is 0. The van der Waals surface area contributed by atoms with Crippen molar-refractivity contribution in [2.24, 2.45) is 5.41 Å². The van der Waals surface area contributed by atoms with Crippen molar-refractivity contribution < 1.29 is 24.0 Å². The topological polar surface area (TPSA) is 72.8 Å². The fourth-order valence-electron chi connectivity index (χ4n) is 0.708. The second-order valence-corrected chi connectivity index (χ2v) is 2.54. The third-order valence-corrected chi connectivity index (χ3v) is 1.59. The minimum absolute atomic E-state index is 0.124. The van der Waals surface area contributed by atoms with Gasteiger partial charge >= 0.3 is 19.6 Å². The third kappa shape index (κ3) is 1.21. The van der Waals surface area contributed by atoms with Gasteiger partial charge in [0.2, 0.25) is 0 Å². The molecule has 6 heteroatoms. The van der Waals surface area contributed by atoms with Gasteiger partial charge in [0.15, 0.2) is 5.41 Å². The highest BCUT2D eigenvalue weighted by Crippen LogP contribution is 2.21. The van der Waals surface area contributed by atoms with E-state index in [2.05, 4.69) is 4.65 Å². The molecule has 5 nitrogen and oxygen atoms in total. The average Bonchev–Trinajstić information content (AvgIpc) is 1.95. The van der Waals surface area contributed by atoms with Gasteiger partial charge in [-0.15, -0.1) is 0 Å². The predicted octanol–water partition coefficient (Wildman–Crippen LogP) is -1.08. The Morgan fingerprint density at radius 3 is 2.82 bits per heavy atom. The molecule has 0 saturated carbocycles. The zero-order chi connectivity index (χ0) is 8.48. The van der Waals surface area contributed by atoms with Gasteiger partial charge in [0.1, 0.15) is 0 Å². The number of rotatable bonds is 1. The van der Waals surface area contributed by atoms with Crippen molar-refractivity contribution in [2.45, 2.75) is 6.92 Å². The summed E-state index contributed by atoms with van der Waals surface area (Å²) in [6.45, 7) is 1.15. The third-order valence-electron chi connectivity index (χ3n) is 1.59. The molecule has 0 aliphatic carbocycles. The van der Waals surface area contributed by atoms with Crippen LogP contribution in [-0.4, -0.2) is 31.3 Å². The fourth-order valence-corrected chi connectivity index (χ4v) is 0.708. The van der Waals surface area contributed by atoms with Crippen molar-refractivity contribution in [3.63, 3.8) is 0 Å². The molecule has 0 spiro atoms. The van der Waals surface area contributed by atoms with E-state index in [0.29, 0.717) is 0 Å². The van der Waals surface area contributed by atoms with Crippen LogP contribution in [0.1, 0.15) is 6.92 Å². The summed E-state index contributed by atoms with van der Waals surface area (Å²) in [6, 6.07) is 0. The number of carbonyl (C=O) groups excluding carboxylic acids is 1. The van der Waals surface area contributed by atoms with Gasteiger partial charge in [0, 0.05) is 0 Å². The van der Waals surface area contributed by atoms with E-state index in [1.807, 2.05) is 0 Å². The van der Waals surface area contributed by atoms with Crippen molar-refractivity contribution in [3.05, 3.63) is 0 Å². The quantitative estimate of drug-likeness (QED) is 0.388. The van der Waals surface area contributed by atoms with Crippen molar-refractivity contribution in [3.8, 4) is 0 Å². The van der Waals surface area contributed by atoms with E-state index in [4.69, 9.17) is 9.76 Å². The van der Waals surface area contributed by atoms with Crippen LogP contribution < -0.4 is 0 Å². The summed E-state index contributed by atoms with van der Waals surface area (Å²) >= 11 is 0. The Morgan fingerprint density at radius 2 is 2.45 bits per heavy atom. The van der Waals surface area contributed by atoms with Gasteiger partial charge in [-0.2, -0.15) is 0 Å². The molecule has 0 aromatic carbocycles. The molecule has 0 aromatic heterocycles. The molecule has 1 N–H and O–H groups in total. The smallest absolute Gasteiger partial charge is 0.508 e. The van der Waals surface area contributed by atoms with Gasteiger partial charge in [0.25, 0.3) is 0 Å². The number of aliphatic carboxylic acids is 1. The zero-order valence-electron chi connectivity index (χ0n) is 5.99. The average molecular weight is 158 g/mol. The van der Waals surface area contributed by atoms with Crippen LogP contribution in [0.15, 0.2) is 0 Å². The lowest BCUT2D eigenvalue weighted by molar-refractivity contribution is -0.168. The first-order valence-electron chi connectivity index (χ1n) is 3.06. The molecular formula is C5H7BO5. The Bertz CT molecular complexity index is 203. The van der Waals surface area contributed by atoms with Crippen molar-refractivity contribution in [2.75, 3.05) is 6.61 Å². The summed E-state index contributed by atoms with van der Waals surface area (Å²) in [4.78, 5) is 21.4. The summed E-state index contributed by atoms with van der Waals surface area (Å²) in [7, 11) is -0.151. The summed E-state index contributed by atoms with van der Waals surface area (Å²) < 4.78 is 9.11. The molecule has 1 aliphatic rings. The molecule has 1 saturated heterocycles. The number of hydrogen-bond acceptors (Lipinski definition) is 4. The summed E-state index contributed by atoms with van der Waals surface area (Å²) in [5.74, 6) is -1.96. The second kappa shape index (κ2) is 2.54. The van der Waals surface area contributed by atoms with Crippen molar-refractivity contribution in [1.29, 1.82) is 0 Å². The molecule has 0 radical (unpaired) electrons. The molecule has 1 unspecified atom stereocenters. The normalized spacial score (nSPS) is 30.5. The summed E-state index contributed by atoms with van der Waals surface area (Å²) in [5, 5.41) is 8.59. The molecule has 0 amide bonds. The number of hydrogen-bond donors (Lipinski definition) is 1. The first-order valence-corrected chi connectivity index (χ1v) is 3.06. The largest absolute Gasteiger partial charge is 0.511 e. The monoisotopic (exact) mass is 158 g/mol. The Labute approximate surface area is 63.6 Å². The van der Waals surface area contributed by atoms with Crippen LogP contribution >= 0.6 is 0 Å².